The lowest BCUT2D eigenvalue weighted by molar-refractivity contribution is -0.134. The van der Waals surface area contributed by atoms with Crippen molar-refractivity contribution in [3.05, 3.63) is 33.8 Å². The molecule has 2 aliphatic heterocycles. The molecule has 2 heterocycles. The summed E-state index contributed by atoms with van der Waals surface area (Å²) < 4.78 is 24.1. The standard InChI is InChI=1S/C15H18Cl2N2O3S/c1-10(20)19-3-2-18(14-8-23(21,22)9-15(14)19)7-11-4-12(16)6-13(17)5-11/h4-6,14-15H,2-3,7-9H2,1H3. The van der Waals surface area contributed by atoms with Gasteiger partial charge >= 0.3 is 0 Å². The molecule has 0 bridgehead atoms. The second-order valence-corrected chi connectivity index (χ2v) is 9.20. The zero-order valence-corrected chi connectivity index (χ0v) is 15.0. The Balaban J connectivity index is 1.85. The molecule has 5 nitrogen and oxygen atoms in total. The van der Waals surface area contributed by atoms with Crippen molar-refractivity contribution < 1.29 is 13.2 Å². The third kappa shape index (κ3) is 3.65. The SMILES string of the molecule is CC(=O)N1CCN(Cc2cc(Cl)cc(Cl)c2)C2CS(=O)(=O)CC21. The molecule has 0 spiro atoms. The lowest BCUT2D eigenvalue weighted by Gasteiger charge is -2.43. The zero-order chi connectivity index (χ0) is 16.8. The monoisotopic (exact) mass is 376 g/mol. The molecule has 126 valence electrons. The van der Waals surface area contributed by atoms with Gasteiger partial charge in [-0.3, -0.25) is 9.69 Å². The van der Waals surface area contributed by atoms with E-state index in [1.807, 2.05) is 12.1 Å². The molecule has 1 aromatic carbocycles. The fourth-order valence-corrected chi connectivity index (χ4v) is 6.13. The van der Waals surface area contributed by atoms with Gasteiger partial charge in [0.15, 0.2) is 9.84 Å². The molecule has 0 N–H and O–H groups in total. The highest BCUT2D eigenvalue weighted by Gasteiger charge is 2.47. The lowest BCUT2D eigenvalue weighted by Crippen LogP contribution is -2.59. The van der Waals surface area contributed by atoms with Crippen molar-refractivity contribution in [1.29, 1.82) is 0 Å². The highest BCUT2D eigenvalue weighted by Crippen LogP contribution is 2.29. The van der Waals surface area contributed by atoms with Gasteiger partial charge in [-0.1, -0.05) is 23.2 Å². The van der Waals surface area contributed by atoms with Crippen LogP contribution in [-0.2, 0) is 21.2 Å². The maximum atomic E-state index is 12.1. The van der Waals surface area contributed by atoms with E-state index in [9.17, 15) is 13.2 Å². The van der Waals surface area contributed by atoms with Gasteiger partial charge in [-0.2, -0.15) is 0 Å². The number of rotatable bonds is 2. The van der Waals surface area contributed by atoms with Gasteiger partial charge in [0, 0.05) is 42.6 Å². The van der Waals surface area contributed by atoms with Crippen molar-refractivity contribution in [2.75, 3.05) is 24.6 Å². The predicted molar refractivity (Wildman–Crippen MR) is 90.5 cm³/mol. The highest BCUT2D eigenvalue weighted by molar-refractivity contribution is 7.91. The molecule has 1 amide bonds. The molecule has 0 saturated carbocycles. The number of carbonyl (C=O) groups is 1. The fraction of sp³-hybridized carbons (Fsp3) is 0.533. The van der Waals surface area contributed by atoms with Crippen LogP contribution in [0.4, 0.5) is 0 Å². The Morgan fingerprint density at radius 1 is 1.13 bits per heavy atom. The number of hydrogen-bond acceptors (Lipinski definition) is 4. The Hall–Kier alpha value is -0.820. The van der Waals surface area contributed by atoms with Crippen LogP contribution in [0.1, 0.15) is 12.5 Å². The number of piperazine rings is 1. The van der Waals surface area contributed by atoms with Gasteiger partial charge in [-0.25, -0.2) is 8.42 Å². The van der Waals surface area contributed by atoms with E-state index in [4.69, 9.17) is 23.2 Å². The number of amides is 1. The molecule has 2 unspecified atom stereocenters. The van der Waals surface area contributed by atoms with Crippen molar-refractivity contribution >= 4 is 38.9 Å². The van der Waals surface area contributed by atoms with Crippen LogP contribution in [0.2, 0.25) is 10.0 Å². The van der Waals surface area contributed by atoms with Crippen LogP contribution in [0.15, 0.2) is 18.2 Å². The third-order valence-corrected chi connectivity index (χ3v) is 6.64. The Kier molecular flexibility index (Phi) is 4.62. The van der Waals surface area contributed by atoms with Crippen LogP contribution in [0.5, 0.6) is 0 Å². The van der Waals surface area contributed by atoms with E-state index in [2.05, 4.69) is 4.90 Å². The summed E-state index contributed by atoms with van der Waals surface area (Å²) in [5, 5.41) is 1.12. The lowest BCUT2D eigenvalue weighted by atomic mass is 10.0. The Bertz CT molecular complexity index is 718. The van der Waals surface area contributed by atoms with Crippen LogP contribution in [0.25, 0.3) is 0 Å². The van der Waals surface area contributed by atoms with Crippen LogP contribution in [0.3, 0.4) is 0 Å². The zero-order valence-electron chi connectivity index (χ0n) is 12.7. The molecule has 2 aliphatic rings. The predicted octanol–water partition coefficient (Wildman–Crippen LogP) is 1.82. The minimum atomic E-state index is -3.12. The van der Waals surface area contributed by atoms with Crippen molar-refractivity contribution in [2.24, 2.45) is 0 Å². The molecule has 23 heavy (non-hydrogen) atoms. The number of sulfone groups is 1. The van der Waals surface area contributed by atoms with Crippen molar-refractivity contribution in [1.82, 2.24) is 9.80 Å². The molecular formula is C15H18Cl2N2O3S. The molecule has 0 aliphatic carbocycles. The second kappa shape index (κ2) is 6.24. The van der Waals surface area contributed by atoms with Gasteiger partial charge in [0.1, 0.15) is 0 Å². The van der Waals surface area contributed by atoms with Crippen molar-refractivity contribution in [3.8, 4) is 0 Å². The topological polar surface area (TPSA) is 57.7 Å². The van der Waals surface area contributed by atoms with Crippen LogP contribution >= 0.6 is 23.2 Å². The van der Waals surface area contributed by atoms with E-state index in [1.54, 1.807) is 11.0 Å². The van der Waals surface area contributed by atoms with Gasteiger partial charge < -0.3 is 4.90 Å². The summed E-state index contributed by atoms with van der Waals surface area (Å²) >= 11 is 12.1. The Morgan fingerprint density at radius 2 is 1.74 bits per heavy atom. The van der Waals surface area contributed by atoms with E-state index in [-0.39, 0.29) is 29.5 Å². The summed E-state index contributed by atoms with van der Waals surface area (Å²) in [4.78, 5) is 15.6. The smallest absolute Gasteiger partial charge is 0.219 e. The fourth-order valence-electron chi connectivity index (χ4n) is 3.55. The first-order valence-electron chi connectivity index (χ1n) is 7.42. The molecule has 2 atom stereocenters. The van der Waals surface area contributed by atoms with Gasteiger partial charge in [0.2, 0.25) is 5.91 Å². The summed E-state index contributed by atoms with van der Waals surface area (Å²) in [6, 6.07) is 4.91. The Morgan fingerprint density at radius 3 is 2.35 bits per heavy atom. The van der Waals surface area contributed by atoms with Gasteiger partial charge in [0.05, 0.1) is 17.5 Å². The van der Waals surface area contributed by atoms with Crippen molar-refractivity contribution in [3.63, 3.8) is 0 Å². The summed E-state index contributed by atoms with van der Waals surface area (Å²) in [6.07, 6.45) is 0. The summed E-state index contributed by atoms with van der Waals surface area (Å²) in [5.41, 5.74) is 0.946. The van der Waals surface area contributed by atoms with E-state index < -0.39 is 9.84 Å². The first-order chi connectivity index (χ1) is 10.7. The second-order valence-electron chi connectivity index (χ2n) is 6.17. The minimum absolute atomic E-state index is 0.0457. The van der Waals surface area contributed by atoms with Gasteiger partial charge in [-0.15, -0.1) is 0 Å². The largest absolute Gasteiger partial charge is 0.336 e. The molecule has 0 radical (unpaired) electrons. The van der Waals surface area contributed by atoms with Crippen LogP contribution in [0, 0.1) is 0 Å². The normalized spacial score (nSPS) is 27.0. The van der Waals surface area contributed by atoms with E-state index >= 15 is 0 Å². The maximum Gasteiger partial charge on any atom is 0.219 e. The first-order valence-corrected chi connectivity index (χ1v) is 9.99. The number of hydrogen-bond donors (Lipinski definition) is 0. The molecule has 2 fully saturated rings. The highest BCUT2D eigenvalue weighted by atomic mass is 35.5. The third-order valence-electron chi connectivity index (χ3n) is 4.50. The van der Waals surface area contributed by atoms with E-state index in [1.165, 1.54) is 6.92 Å². The number of carbonyl (C=O) groups excluding carboxylic acids is 1. The van der Waals surface area contributed by atoms with E-state index in [0.717, 1.165) is 5.56 Å². The first kappa shape index (κ1) is 17.0. The maximum absolute atomic E-state index is 12.1. The molecule has 0 aromatic heterocycles. The molecule has 1 aromatic rings. The number of benzene rings is 1. The molecular weight excluding hydrogens is 359 g/mol. The van der Waals surface area contributed by atoms with E-state index in [0.29, 0.717) is 29.7 Å². The Labute approximate surface area is 146 Å². The van der Waals surface area contributed by atoms with Gasteiger partial charge in [-0.05, 0) is 23.8 Å². The summed E-state index contributed by atoms with van der Waals surface area (Å²) in [6.45, 7) is 3.25. The van der Waals surface area contributed by atoms with Crippen LogP contribution < -0.4 is 0 Å². The summed E-state index contributed by atoms with van der Waals surface area (Å²) in [7, 11) is -3.12. The van der Waals surface area contributed by atoms with Gasteiger partial charge in [0.25, 0.3) is 0 Å². The molecule has 8 heteroatoms. The average Bonchev–Trinajstić information content (AvgIpc) is 2.72. The van der Waals surface area contributed by atoms with Crippen LogP contribution in [-0.4, -0.2) is 60.8 Å². The molecule has 3 rings (SSSR count). The number of fused-ring (bicyclic) bond motifs is 1. The number of nitrogens with zero attached hydrogens (tertiary/aromatic N) is 2. The molecule has 2 saturated heterocycles. The van der Waals surface area contributed by atoms with Crippen molar-refractivity contribution in [2.45, 2.75) is 25.6 Å². The summed E-state index contributed by atoms with van der Waals surface area (Å²) in [5.74, 6) is 0.0716. The minimum Gasteiger partial charge on any atom is -0.336 e. The quantitative estimate of drug-likeness (QED) is 0.789. The average molecular weight is 377 g/mol. The number of halogens is 2.